The lowest BCUT2D eigenvalue weighted by molar-refractivity contribution is -0.135. The standard InChI is InChI=1S/C20H25N5O3/c26-18-11-21-7-9-25(18)15-2-1-8-24(12-15)20(27)22-14-5-6-17-16(10-14)23-19(28-17)13-3-4-13/h5-6,10,13,15,21H,1-4,7-9,11-12H2,(H,22,27). The van der Waals surface area contributed by atoms with Crippen LogP contribution in [0.5, 0.6) is 0 Å². The van der Waals surface area contributed by atoms with E-state index in [1.807, 2.05) is 28.0 Å². The number of fused-ring (bicyclic) bond motifs is 1. The second-order valence-corrected chi connectivity index (χ2v) is 7.95. The van der Waals surface area contributed by atoms with Crippen molar-refractivity contribution in [3.8, 4) is 0 Å². The van der Waals surface area contributed by atoms with Crippen molar-refractivity contribution in [3.63, 3.8) is 0 Å². The number of carbonyl (C=O) groups excluding carboxylic acids is 2. The minimum absolute atomic E-state index is 0.105. The van der Waals surface area contributed by atoms with Crippen LogP contribution >= 0.6 is 0 Å². The summed E-state index contributed by atoms with van der Waals surface area (Å²) in [4.78, 5) is 33.3. The third-order valence-corrected chi connectivity index (χ3v) is 5.83. The molecule has 2 aliphatic heterocycles. The van der Waals surface area contributed by atoms with Gasteiger partial charge < -0.3 is 24.9 Å². The van der Waals surface area contributed by atoms with Gasteiger partial charge in [-0.15, -0.1) is 0 Å². The molecule has 8 heteroatoms. The second kappa shape index (κ2) is 7.09. The number of nitrogens with zero attached hydrogens (tertiary/aromatic N) is 3. The van der Waals surface area contributed by atoms with Crippen LogP contribution in [0.25, 0.3) is 11.1 Å². The van der Waals surface area contributed by atoms with Crippen LogP contribution in [0.2, 0.25) is 0 Å². The van der Waals surface area contributed by atoms with E-state index in [9.17, 15) is 9.59 Å². The predicted octanol–water partition coefficient (Wildman–Crippen LogP) is 2.13. The molecule has 1 saturated carbocycles. The van der Waals surface area contributed by atoms with Crippen LogP contribution < -0.4 is 10.6 Å². The van der Waals surface area contributed by atoms with Gasteiger partial charge in [-0.05, 0) is 43.9 Å². The van der Waals surface area contributed by atoms with E-state index >= 15 is 0 Å². The molecule has 0 radical (unpaired) electrons. The zero-order valence-electron chi connectivity index (χ0n) is 15.8. The zero-order valence-corrected chi connectivity index (χ0v) is 15.8. The lowest BCUT2D eigenvalue weighted by Crippen LogP contribution is -2.57. The van der Waals surface area contributed by atoms with E-state index < -0.39 is 0 Å². The number of oxazole rings is 1. The number of likely N-dealkylation sites (tertiary alicyclic amines) is 1. The Bertz CT molecular complexity index is 906. The molecule has 1 unspecified atom stereocenters. The summed E-state index contributed by atoms with van der Waals surface area (Å²) >= 11 is 0. The second-order valence-electron chi connectivity index (χ2n) is 7.95. The minimum atomic E-state index is -0.127. The van der Waals surface area contributed by atoms with E-state index in [0.29, 0.717) is 37.8 Å². The molecule has 0 spiro atoms. The SMILES string of the molecule is O=C(Nc1ccc2oc(C3CC3)nc2c1)N1CCCC(N2CCNCC2=O)C1. The summed E-state index contributed by atoms with van der Waals surface area (Å²) in [5.74, 6) is 1.39. The number of rotatable bonds is 3. The Balaban J connectivity index is 1.25. The van der Waals surface area contributed by atoms with Gasteiger partial charge in [-0.2, -0.15) is 0 Å². The number of piperidine rings is 1. The molecule has 148 valence electrons. The van der Waals surface area contributed by atoms with Crippen molar-refractivity contribution in [1.29, 1.82) is 0 Å². The fourth-order valence-corrected chi connectivity index (χ4v) is 4.13. The summed E-state index contributed by atoms with van der Waals surface area (Å²) in [6.07, 6.45) is 4.14. The molecule has 8 nitrogen and oxygen atoms in total. The average Bonchev–Trinajstić information content (AvgIpc) is 3.48. The molecular formula is C20H25N5O3. The summed E-state index contributed by atoms with van der Waals surface area (Å²) in [6, 6.07) is 5.56. The van der Waals surface area contributed by atoms with Crippen LogP contribution in [0.4, 0.5) is 10.5 Å². The Morgan fingerprint density at radius 3 is 2.96 bits per heavy atom. The molecule has 3 aliphatic rings. The van der Waals surface area contributed by atoms with E-state index in [2.05, 4.69) is 15.6 Å². The highest BCUT2D eigenvalue weighted by atomic mass is 16.3. The highest BCUT2D eigenvalue weighted by Gasteiger charge is 2.32. The molecule has 2 aromatic rings. The Morgan fingerprint density at radius 1 is 1.25 bits per heavy atom. The van der Waals surface area contributed by atoms with Crippen LogP contribution in [0.3, 0.4) is 0 Å². The molecular weight excluding hydrogens is 358 g/mol. The third kappa shape index (κ3) is 3.44. The summed E-state index contributed by atoms with van der Waals surface area (Å²) < 4.78 is 5.78. The topological polar surface area (TPSA) is 90.7 Å². The van der Waals surface area contributed by atoms with Gasteiger partial charge in [0.25, 0.3) is 0 Å². The molecule has 3 amide bonds. The van der Waals surface area contributed by atoms with Gasteiger partial charge in [0.05, 0.1) is 6.54 Å². The highest BCUT2D eigenvalue weighted by molar-refractivity contribution is 5.91. The van der Waals surface area contributed by atoms with Gasteiger partial charge in [-0.25, -0.2) is 9.78 Å². The molecule has 1 atom stereocenters. The number of nitrogens with one attached hydrogen (secondary N) is 2. The molecule has 3 fully saturated rings. The van der Waals surface area contributed by atoms with E-state index in [4.69, 9.17) is 4.42 Å². The first-order chi connectivity index (χ1) is 13.7. The van der Waals surface area contributed by atoms with Gasteiger partial charge in [-0.3, -0.25) is 4.79 Å². The monoisotopic (exact) mass is 383 g/mol. The maximum absolute atomic E-state index is 12.8. The first kappa shape index (κ1) is 17.5. The number of amides is 3. The van der Waals surface area contributed by atoms with E-state index in [1.54, 1.807) is 0 Å². The Morgan fingerprint density at radius 2 is 2.14 bits per heavy atom. The lowest BCUT2D eigenvalue weighted by atomic mass is 10.0. The lowest BCUT2D eigenvalue weighted by Gasteiger charge is -2.41. The molecule has 1 aromatic heterocycles. The molecule has 3 heterocycles. The van der Waals surface area contributed by atoms with Crippen molar-refractivity contribution in [2.24, 2.45) is 0 Å². The predicted molar refractivity (Wildman–Crippen MR) is 104 cm³/mol. The molecule has 1 aromatic carbocycles. The summed E-state index contributed by atoms with van der Waals surface area (Å²) in [7, 11) is 0. The molecule has 0 bridgehead atoms. The van der Waals surface area contributed by atoms with Crippen LogP contribution in [0.1, 0.15) is 37.5 Å². The Labute approximate surface area is 163 Å². The van der Waals surface area contributed by atoms with Crippen LogP contribution in [-0.4, -0.2) is 65.5 Å². The first-order valence-corrected chi connectivity index (χ1v) is 10.1. The molecule has 28 heavy (non-hydrogen) atoms. The summed E-state index contributed by atoms with van der Waals surface area (Å²) in [6.45, 7) is 3.21. The van der Waals surface area contributed by atoms with Gasteiger partial charge in [0, 0.05) is 43.8 Å². The average molecular weight is 383 g/mol. The Kier molecular flexibility index (Phi) is 4.43. The van der Waals surface area contributed by atoms with Crippen LogP contribution in [0, 0.1) is 0 Å². The molecule has 5 rings (SSSR count). The van der Waals surface area contributed by atoms with Crippen molar-refractivity contribution < 1.29 is 14.0 Å². The van der Waals surface area contributed by atoms with Gasteiger partial charge in [0.1, 0.15) is 5.52 Å². The number of benzene rings is 1. The maximum atomic E-state index is 12.8. The highest BCUT2D eigenvalue weighted by Crippen LogP contribution is 2.40. The molecule has 2 N–H and O–H groups in total. The quantitative estimate of drug-likeness (QED) is 0.847. The van der Waals surface area contributed by atoms with Crippen molar-refractivity contribution in [3.05, 3.63) is 24.1 Å². The van der Waals surface area contributed by atoms with E-state index in [1.165, 1.54) is 0 Å². The Hall–Kier alpha value is -2.61. The molecule has 2 saturated heterocycles. The van der Waals surface area contributed by atoms with Crippen molar-refractivity contribution in [2.45, 2.75) is 37.6 Å². The van der Waals surface area contributed by atoms with Gasteiger partial charge in [0.2, 0.25) is 5.91 Å². The number of anilines is 1. The summed E-state index contributed by atoms with van der Waals surface area (Å²) in [5.41, 5.74) is 2.26. The number of urea groups is 1. The number of aromatic nitrogens is 1. The van der Waals surface area contributed by atoms with Crippen LogP contribution in [-0.2, 0) is 4.79 Å². The minimum Gasteiger partial charge on any atom is -0.440 e. The zero-order chi connectivity index (χ0) is 19.1. The van der Waals surface area contributed by atoms with Gasteiger partial charge in [0.15, 0.2) is 11.5 Å². The summed E-state index contributed by atoms with van der Waals surface area (Å²) in [5, 5.41) is 6.08. The normalized spacial score (nSPS) is 23.3. The number of hydrogen-bond acceptors (Lipinski definition) is 5. The van der Waals surface area contributed by atoms with Crippen LogP contribution in [0.15, 0.2) is 22.6 Å². The van der Waals surface area contributed by atoms with Gasteiger partial charge in [-0.1, -0.05) is 0 Å². The van der Waals surface area contributed by atoms with E-state index in [-0.39, 0.29) is 18.0 Å². The fourth-order valence-electron chi connectivity index (χ4n) is 4.13. The third-order valence-electron chi connectivity index (χ3n) is 5.83. The van der Waals surface area contributed by atoms with Crippen molar-refractivity contribution in [1.82, 2.24) is 20.1 Å². The maximum Gasteiger partial charge on any atom is 0.321 e. The number of hydrogen-bond donors (Lipinski definition) is 2. The smallest absolute Gasteiger partial charge is 0.321 e. The fraction of sp³-hybridized carbons (Fsp3) is 0.550. The van der Waals surface area contributed by atoms with E-state index in [0.717, 1.165) is 49.2 Å². The number of carbonyl (C=O) groups is 2. The largest absolute Gasteiger partial charge is 0.440 e. The van der Waals surface area contributed by atoms with Crippen molar-refractivity contribution >= 4 is 28.7 Å². The molecule has 1 aliphatic carbocycles. The number of piperazine rings is 1. The first-order valence-electron chi connectivity index (χ1n) is 10.1. The van der Waals surface area contributed by atoms with Gasteiger partial charge >= 0.3 is 6.03 Å². The van der Waals surface area contributed by atoms with Crippen molar-refractivity contribution in [2.75, 3.05) is 38.0 Å².